The average Bonchev–Trinajstić information content (AvgIpc) is 2.89. The minimum Gasteiger partial charge on any atom is -0.469 e. The molecule has 0 aliphatic carbocycles. The van der Waals surface area contributed by atoms with E-state index < -0.39 is 0 Å². The van der Waals surface area contributed by atoms with Crippen LogP contribution in [0.5, 0.6) is 0 Å². The first-order valence-electron chi connectivity index (χ1n) is 5.66. The lowest BCUT2D eigenvalue weighted by atomic mass is 10.1. The van der Waals surface area contributed by atoms with E-state index in [1.54, 1.807) is 0 Å². The van der Waals surface area contributed by atoms with Crippen LogP contribution in [0.4, 0.5) is 0 Å². The van der Waals surface area contributed by atoms with Crippen LogP contribution in [-0.2, 0) is 9.53 Å². The molecular formula is C13H14N2O3. The lowest BCUT2D eigenvalue weighted by Gasteiger charge is -2.03. The molecular weight excluding hydrogens is 232 g/mol. The number of benzene rings is 1. The molecule has 0 saturated carbocycles. The maximum Gasteiger partial charge on any atom is 0.306 e. The van der Waals surface area contributed by atoms with Crippen molar-refractivity contribution in [2.45, 2.75) is 19.3 Å². The number of carbonyl (C=O) groups is 1. The van der Waals surface area contributed by atoms with Crippen LogP contribution in [0.25, 0.3) is 11.4 Å². The molecule has 1 unspecified atom stereocenters. The number of hydrogen-bond donors (Lipinski definition) is 0. The second kappa shape index (κ2) is 5.44. The van der Waals surface area contributed by atoms with Crippen molar-refractivity contribution in [1.82, 2.24) is 10.1 Å². The molecule has 0 amide bonds. The third-order valence-electron chi connectivity index (χ3n) is 2.60. The molecule has 0 radical (unpaired) electrons. The van der Waals surface area contributed by atoms with Crippen molar-refractivity contribution in [3.63, 3.8) is 0 Å². The molecule has 18 heavy (non-hydrogen) atoms. The molecule has 1 aromatic heterocycles. The van der Waals surface area contributed by atoms with Crippen LogP contribution in [0.1, 0.15) is 25.2 Å². The zero-order valence-electron chi connectivity index (χ0n) is 10.3. The highest BCUT2D eigenvalue weighted by Crippen LogP contribution is 2.21. The molecule has 0 bridgehead atoms. The number of aromatic nitrogens is 2. The minimum atomic E-state index is -0.290. The van der Waals surface area contributed by atoms with Crippen LogP contribution in [0, 0.1) is 0 Å². The van der Waals surface area contributed by atoms with Gasteiger partial charge < -0.3 is 9.26 Å². The molecule has 94 valence electrons. The number of ether oxygens (including phenoxy) is 1. The van der Waals surface area contributed by atoms with E-state index in [4.69, 9.17) is 4.52 Å². The minimum absolute atomic E-state index is 0.151. The van der Waals surface area contributed by atoms with Gasteiger partial charge in [-0.05, 0) is 0 Å². The normalized spacial score (nSPS) is 12.1. The summed E-state index contributed by atoms with van der Waals surface area (Å²) in [5.41, 5.74) is 0.887. The van der Waals surface area contributed by atoms with Gasteiger partial charge in [-0.1, -0.05) is 42.4 Å². The van der Waals surface area contributed by atoms with Gasteiger partial charge in [0.15, 0.2) is 0 Å². The molecule has 0 aliphatic heterocycles. The number of hydrogen-bond acceptors (Lipinski definition) is 5. The van der Waals surface area contributed by atoms with Crippen LogP contribution in [0.2, 0.25) is 0 Å². The molecule has 2 aromatic rings. The van der Waals surface area contributed by atoms with Gasteiger partial charge in [0, 0.05) is 11.5 Å². The number of methoxy groups -OCH3 is 1. The summed E-state index contributed by atoms with van der Waals surface area (Å²) in [6, 6.07) is 9.54. The van der Waals surface area contributed by atoms with E-state index in [1.165, 1.54) is 7.11 Å². The molecule has 5 heteroatoms. The van der Waals surface area contributed by atoms with Gasteiger partial charge in [-0.15, -0.1) is 0 Å². The third kappa shape index (κ3) is 2.74. The predicted molar refractivity (Wildman–Crippen MR) is 64.8 cm³/mol. The summed E-state index contributed by atoms with van der Waals surface area (Å²) in [5.74, 6) is 0.533. The average molecular weight is 246 g/mol. The van der Waals surface area contributed by atoms with Crippen molar-refractivity contribution in [2.75, 3.05) is 7.11 Å². The smallest absolute Gasteiger partial charge is 0.306 e. The standard InChI is InChI=1S/C13H14N2O3/c1-9(8-11(16)17-2)13-14-12(15-18-13)10-6-4-3-5-7-10/h3-7,9H,8H2,1-2H3. The Morgan fingerprint density at radius 1 is 1.39 bits per heavy atom. The lowest BCUT2D eigenvalue weighted by molar-refractivity contribution is -0.141. The van der Waals surface area contributed by atoms with Gasteiger partial charge in [0.2, 0.25) is 11.7 Å². The maximum absolute atomic E-state index is 11.2. The SMILES string of the molecule is COC(=O)CC(C)c1nc(-c2ccccc2)no1. The molecule has 1 heterocycles. The van der Waals surface area contributed by atoms with Crippen LogP contribution in [0.3, 0.4) is 0 Å². The van der Waals surface area contributed by atoms with Gasteiger partial charge >= 0.3 is 5.97 Å². The summed E-state index contributed by atoms with van der Waals surface area (Å²) in [5, 5.41) is 3.90. The summed E-state index contributed by atoms with van der Waals surface area (Å²) in [6.07, 6.45) is 0.229. The van der Waals surface area contributed by atoms with Crippen molar-refractivity contribution in [3.05, 3.63) is 36.2 Å². The Bertz CT molecular complexity index is 522. The van der Waals surface area contributed by atoms with Crippen molar-refractivity contribution >= 4 is 5.97 Å². The number of nitrogens with zero attached hydrogens (tertiary/aromatic N) is 2. The highest BCUT2D eigenvalue weighted by Gasteiger charge is 2.18. The van der Waals surface area contributed by atoms with E-state index in [-0.39, 0.29) is 18.3 Å². The van der Waals surface area contributed by atoms with Gasteiger partial charge in [0.1, 0.15) is 0 Å². The summed E-state index contributed by atoms with van der Waals surface area (Å²) < 4.78 is 9.76. The molecule has 5 nitrogen and oxygen atoms in total. The number of rotatable bonds is 4. The molecule has 0 aliphatic rings. The van der Waals surface area contributed by atoms with E-state index in [0.29, 0.717) is 11.7 Å². The van der Waals surface area contributed by atoms with Crippen molar-refractivity contribution in [2.24, 2.45) is 0 Å². The molecule has 0 saturated heterocycles. The third-order valence-corrected chi connectivity index (χ3v) is 2.60. The summed E-state index contributed by atoms with van der Waals surface area (Å²) in [7, 11) is 1.36. The Kier molecular flexibility index (Phi) is 3.72. The molecule has 0 spiro atoms. The zero-order valence-corrected chi connectivity index (χ0v) is 10.3. The lowest BCUT2D eigenvalue weighted by Crippen LogP contribution is -2.06. The first kappa shape index (κ1) is 12.3. The Labute approximate surface area is 105 Å². The second-order valence-corrected chi connectivity index (χ2v) is 4.00. The maximum atomic E-state index is 11.2. The fourth-order valence-electron chi connectivity index (χ4n) is 1.56. The molecule has 0 fully saturated rings. The van der Waals surface area contributed by atoms with Crippen LogP contribution in [0.15, 0.2) is 34.9 Å². The quantitative estimate of drug-likeness (QED) is 0.775. The van der Waals surface area contributed by atoms with Crippen molar-refractivity contribution in [3.8, 4) is 11.4 Å². The number of carbonyl (C=O) groups excluding carboxylic acids is 1. The fourth-order valence-corrected chi connectivity index (χ4v) is 1.56. The highest BCUT2D eigenvalue weighted by molar-refractivity contribution is 5.70. The molecule has 1 aromatic carbocycles. The Morgan fingerprint density at radius 2 is 2.11 bits per heavy atom. The largest absolute Gasteiger partial charge is 0.469 e. The van der Waals surface area contributed by atoms with Gasteiger partial charge in [-0.2, -0.15) is 4.98 Å². The van der Waals surface area contributed by atoms with Crippen molar-refractivity contribution < 1.29 is 14.1 Å². The first-order valence-corrected chi connectivity index (χ1v) is 5.66. The van der Waals surface area contributed by atoms with Crippen LogP contribution < -0.4 is 0 Å². The monoisotopic (exact) mass is 246 g/mol. The van der Waals surface area contributed by atoms with Gasteiger partial charge in [-0.3, -0.25) is 4.79 Å². The Balaban J connectivity index is 2.13. The Morgan fingerprint density at radius 3 is 2.78 bits per heavy atom. The fraction of sp³-hybridized carbons (Fsp3) is 0.308. The highest BCUT2D eigenvalue weighted by atomic mass is 16.5. The molecule has 1 atom stereocenters. The van der Waals surface area contributed by atoms with E-state index in [9.17, 15) is 4.79 Å². The van der Waals surface area contributed by atoms with E-state index in [1.807, 2.05) is 37.3 Å². The van der Waals surface area contributed by atoms with E-state index in [2.05, 4.69) is 14.9 Å². The number of esters is 1. The zero-order chi connectivity index (χ0) is 13.0. The predicted octanol–water partition coefficient (Wildman–Crippen LogP) is 2.40. The van der Waals surface area contributed by atoms with Gasteiger partial charge in [0.25, 0.3) is 0 Å². The van der Waals surface area contributed by atoms with E-state index in [0.717, 1.165) is 5.56 Å². The van der Waals surface area contributed by atoms with E-state index >= 15 is 0 Å². The second-order valence-electron chi connectivity index (χ2n) is 4.00. The topological polar surface area (TPSA) is 65.2 Å². The first-order chi connectivity index (χ1) is 8.70. The summed E-state index contributed by atoms with van der Waals surface area (Å²) >= 11 is 0. The van der Waals surface area contributed by atoms with Gasteiger partial charge in [-0.25, -0.2) is 0 Å². The molecule has 2 rings (SSSR count). The summed E-state index contributed by atoms with van der Waals surface area (Å²) in [4.78, 5) is 15.4. The van der Waals surface area contributed by atoms with Crippen molar-refractivity contribution in [1.29, 1.82) is 0 Å². The Hall–Kier alpha value is -2.17. The van der Waals surface area contributed by atoms with Crippen LogP contribution >= 0.6 is 0 Å². The molecule has 0 N–H and O–H groups in total. The van der Waals surface area contributed by atoms with Crippen LogP contribution in [-0.4, -0.2) is 23.2 Å². The summed E-state index contributed by atoms with van der Waals surface area (Å²) in [6.45, 7) is 1.85. The van der Waals surface area contributed by atoms with Gasteiger partial charge in [0.05, 0.1) is 13.5 Å².